The molecule has 5 nitrogen and oxygen atoms in total. The molecule has 0 radical (unpaired) electrons. The lowest BCUT2D eigenvalue weighted by atomic mass is 10.1. The number of nitrogens with zero attached hydrogens (tertiary/aromatic N) is 2. The van der Waals surface area contributed by atoms with Crippen molar-refractivity contribution in [3.8, 4) is 0 Å². The van der Waals surface area contributed by atoms with E-state index < -0.39 is 9.84 Å². The summed E-state index contributed by atoms with van der Waals surface area (Å²) >= 11 is 0. The van der Waals surface area contributed by atoms with E-state index in [0.29, 0.717) is 18.1 Å². The first-order chi connectivity index (χ1) is 7.55. The lowest BCUT2D eigenvalue weighted by Gasteiger charge is -2.26. The maximum Gasteiger partial charge on any atom is 0.151 e. The molecule has 0 atom stereocenters. The Hall–Kier alpha value is -0.880. The van der Waals surface area contributed by atoms with Gasteiger partial charge in [0.2, 0.25) is 0 Å². The average molecular weight is 243 g/mol. The fourth-order valence-corrected chi connectivity index (χ4v) is 3.45. The topological polar surface area (TPSA) is 64.0 Å². The summed E-state index contributed by atoms with van der Waals surface area (Å²) in [7, 11) is -1.08. The van der Waals surface area contributed by atoms with Crippen molar-refractivity contribution in [2.24, 2.45) is 13.0 Å². The molecule has 0 aliphatic carbocycles. The Morgan fingerprint density at radius 1 is 1.56 bits per heavy atom. The molecule has 1 saturated heterocycles. The van der Waals surface area contributed by atoms with Crippen LogP contribution in [0.3, 0.4) is 0 Å². The highest BCUT2D eigenvalue weighted by Gasteiger charge is 2.23. The molecule has 90 valence electrons. The predicted molar refractivity (Wildman–Crippen MR) is 61.9 cm³/mol. The molecule has 0 aromatic carbocycles. The van der Waals surface area contributed by atoms with Crippen LogP contribution in [-0.4, -0.2) is 42.8 Å². The minimum Gasteiger partial charge on any atom is -0.316 e. The highest BCUT2D eigenvalue weighted by molar-refractivity contribution is 7.91. The van der Waals surface area contributed by atoms with Crippen LogP contribution in [0.15, 0.2) is 12.4 Å². The Morgan fingerprint density at radius 2 is 2.31 bits per heavy atom. The van der Waals surface area contributed by atoms with Gasteiger partial charge in [-0.05, 0) is 17.9 Å². The molecule has 1 N–H and O–H groups in total. The lowest BCUT2D eigenvalue weighted by molar-refractivity contribution is 0.378. The van der Waals surface area contributed by atoms with Crippen LogP contribution >= 0.6 is 0 Å². The third-order valence-corrected chi connectivity index (χ3v) is 4.62. The summed E-state index contributed by atoms with van der Waals surface area (Å²) in [5.74, 6) is 0.869. The number of hydrogen-bond acceptors (Lipinski definition) is 4. The molecule has 2 heterocycles. The fourth-order valence-electron chi connectivity index (χ4n) is 1.78. The molecule has 1 fully saturated rings. The molecule has 16 heavy (non-hydrogen) atoms. The number of hydrogen-bond donors (Lipinski definition) is 1. The normalized spacial score (nSPS) is 17.3. The van der Waals surface area contributed by atoms with Crippen molar-refractivity contribution in [1.82, 2.24) is 15.1 Å². The maximum atomic E-state index is 11.8. The van der Waals surface area contributed by atoms with E-state index in [0.717, 1.165) is 18.7 Å². The Balaban J connectivity index is 1.84. The zero-order valence-corrected chi connectivity index (χ0v) is 10.2. The molecule has 0 bridgehead atoms. The predicted octanol–water partition coefficient (Wildman–Crippen LogP) is -0.403. The molecule has 0 saturated carbocycles. The van der Waals surface area contributed by atoms with Gasteiger partial charge in [-0.3, -0.25) is 4.68 Å². The SMILES string of the molecule is Cn1cc(CCS(=O)(=O)CC2CNC2)cn1. The first kappa shape index (κ1) is 11.6. The monoisotopic (exact) mass is 243 g/mol. The van der Waals surface area contributed by atoms with E-state index in [1.807, 2.05) is 13.2 Å². The van der Waals surface area contributed by atoms with E-state index >= 15 is 0 Å². The van der Waals surface area contributed by atoms with Crippen molar-refractivity contribution in [1.29, 1.82) is 0 Å². The molecule has 1 aliphatic rings. The van der Waals surface area contributed by atoms with Crippen molar-refractivity contribution >= 4 is 9.84 Å². The standard InChI is InChI=1S/C10H17N3O2S/c1-13-7-9(6-12-13)2-3-16(14,15)8-10-4-11-5-10/h6-7,10-11H,2-5,8H2,1H3. The molecule has 2 rings (SSSR count). The van der Waals surface area contributed by atoms with Crippen LogP contribution in [0.2, 0.25) is 0 Å². The first-order valence-electron chi connectivity index (χ1n) is 5.44. The van der Waals surface area contributed by atoms with Gasteiger partial charge in [0.25, 0.3) is 0 Å². The number of aryl methyl sites for hydroxylation is 2. The number of nitrogens with one attached hydrogen (secondary N) is 1. The van der Waals surface area contributed by atoms with Crippen molar-refractivity contribution in [3.63, 3.8) is 0 Å². The van der Waals surface area contributed by atoms with Gasteiger partial charge in [-0.2, -0.15) is 5.10 Å². The number of aromatic nitrogens is 2. The number of sulfone groups is 1. The van der Waals surface area contributed by atoms with Crippen molar-refractivity contribution in [3.05, 3.63) is 18.0 Å². The Labute approximate surface area is 95.8 Å². The Morgan fingerprint density at radius 3 is 2.81 bits per heavy atom. The quantitative estimate of drug-likeness (QED) is 0.764. The summed E-state index contributed by atoms with van der Waals surface area (Å²) < 4.78 is 25.2. The summed E-state index contributed by atoms with van der Waals surface area (Å²) in [6, 6.07) is 0. The van der Waals surface area contributed by atoms with Gasteiger partial charge in [-0.15, -0.1) is 0 Å². The van der Waals surface area contributed by atoms with Crippen LogP contribution in [0.5, 0.6) is 0 Å². The van der Waals surface area contributed by atoms with Gasteiger partial charge in [-0.25, -0.2) is 8.42 Å². The Bertz CT molecular complexity index is 448. The molecular formula is C10H17N3O2S. The van der Waals surface area contributed by atoms with E-state index in [1.165, 1.54) is 0 Å². The van der Waals surface area contributed by atoms with Crippen LogP contribution < -0.4 is 5.32 Å². The minimum atomic E-state index is -2.91. The molecule has 1 aromatic rings. The summed E-state index contributed by atoms with van der Waals surface area (Å²) in [6.07, 6.45) is 4.15. The van der Waals surface area contributed by atoms with Gasteiger partial charge in [0.05, 0.1) is 17.7 Å². The van der Waals surface area contributed by atoms with Gasteiger partial charge >= 0.3 is 0 Å². The largest absolute Gasteiger partial charge is 0.316 e. The number of rotatable bonds is 5. The molecule has 1 aliphatic heterocycles. The third kappa shape index (κ3) is 3.05. The lowest BCUT2D eigenvalue weighted by Crippen LogP contribution is -2.45. The van der Waals surface area contributed by atoms with Crippen LogP contribution in [0.25, 0.3) is 0 Å². The van der Waals surface area contributed by atoms with Crippen LogP contribution in [0, 0.1) is 5.92 Å². The van der Waals surface area contributed by atoms with Gasteiger partial charge in [-0.1, -0.05) is 0 Å². The van der Waals surface area contributed by atoms with E-state index in [1.54, 1.807) is 10.9 Å². The van der Waals surface area contributed by atoms with Crippen LogP contribution in [-0.2, 0) is 23.3 Å². The molecule has 0 amide bonds. The second kappa shape index (κ2) is 4.55. The summed E-state index contributed by atoms with van der Waals surface area (Å²) in [5.41, 5.74) is 0.984. The van der Waals surface area contributed by atoms with Crippen molar-refractivity contribution < 1.29 is 8.42 Å². The first-order valence-corrected chi connectivity index (χ1v) is 7.26. The van der Waals surface area contributed by atoms with Gasteiger partial charge < -0.3 is 5.32 Å². The highest BCUT2D eigenvalue weighted by atomic mass is 32.2. The van der Waals surface area contributed by atoms with Gasteiger partial charge in [0.15, 0.2) is 9.84 Å². The van der Waals surface area contributed by atoms with Crippen molar-refractivity contribution in [2.75, 3.05) is 24.6 Å². The fraction of sp³-hybridized carbons (Fsp3) is 0.700. The maximum absolute atomic E-state index is 11.8. The second-order valence-corrected chi connectivity index (χ2v) is 6.64. The molecule has 0 unspecified atom stereocenters. The molecule has 0 spiro atoms. The Kier molecular flexibility index (Phi) is 3.30. The van der Waals surface area contributed by atoms with Gasteiger partial charge in [0.1, 0.15) is 0 Å². The summed E-state index contributed by atoms with van der Waals surface area (Å²) in [5, 5.41) is 7.10. The molecule has 1 aromatic heterocycles. The van der Waals surface area contributed by atoms with Crippen LogP contribution in [0.1, 0.15) is 5.56 Å². The van der Waals surface area contributed by atoms with Crippen LogP contribution in [0.4, 0.5) is 0 Å². The van der Waals surface area contributed by atoms with E-state index in [9.17, 15) is 8.42 Å². The summed E-state index contributed by atoms with van der Waals surface area (Å²) in [6.45, 7) is 1.68. The smallest absolute Gasteiger partial charge is 0.151 e. The molecular weight excluding hydrogens is 226 g/mol. The highest BCUT2D eigenvalue weighted by Crippen LogP contribution is 2.09. The van der Waals surface area contributed by atoms with Crippen molar-refractivity contribution in [2.45, 2.75) is 6.42 Å². The van der Waals surface area contributed by atoms with E-state index in [4.69, 9.17) is 0 Å². The third-order valence-electron chi connectivity index (χ3n) is 2.82. The van der Waals surface area contributed by atoms with E-state index in [2.05, 4.69) is 10.4 Å². The average Bonchev–Trinajstić information content (AvgIpc) is 2.56. The zero-order valence-electron chi connectivity index (χ0n) is 9.39. The zero-order chi connectivity index (χ0) is 11.6. The second-order valence-electron chi connectivity index (χ2n) is 4.41. The molecule has 6 heteroatoms. The summed E-state index contributed by atoms with van der Waals surface area (Å²) in [4.78, 5) is 0. The van der Waals surface area contributed by atoms with E-state index in [-0.39, 0.29) is 5.75 Å². The minimum absolute atomic E-state index is 0.231. The van der Waals surface area contributed by atoms with Gasteiger partial charge in [0, 0.05) is 26.3 Å².